The lowest BCUT2D eigenvalue weighted by Crippen LogP contribution is -2.24. The highest BCUT2D eigenvalue weighted by atomic mass is 16.6. The Morgan fingerprint density at radius 2 is 1.12 bits per heavy atom. The minimum Gasteiger partial charge on any atom is -0.409 e. The maximum Gasteiger partial charge on any atom is 0.438 e. The molecule has 0 aromatic heterocycles. The zero-order valence-corrected chi connectivity index (χ0v) is 19.5. The van der Waals surface area contributed by atoms with Crippen molar-refractivity contribution in [1.29, 1.82) is 0 Å². The van der Waals surface area contributed by atoms with E-state index in [4.69, 9.17) is 9.47 Å². The van der Waals surface area contributed by atoms with Crippen LogP contribution in [-0.2, 0) is 0 Å². The first kappa shape index (κ1) is 26.2. The zero-order valence-electron chi connectivity index (χ0n) is 19.5. The Kier molecular flexibility index (Phi) is 9.45. The Bertz CT molecular complexity index is 999. The summed E-state index contributed by atoms with van der Waals surface area (Å²) >= 11 is 0. The number of rotatable bonds is 4. The molecule has 0 bridgehead atoms. The number of carbonyl (C=O) groups is 2. The van der Waals surface area contributed by atoms with Crippen LogP contribution in [0.1, 0.15) is 33.4 Å². The van der Waals surface area contributed by atoms with Crippen LogP contribution in [-0.4, -0.2) is 36.3 Å². The number of carbonyl (C=O) groups excluding carboxylic acids is 2. The molecule has 0 saturated heterocycles. The normalized spacial score (nSPS) is 9.75. The van der Waals surface area contributed by atoms with Gasteiger partial charge in [-0.05, 0) is 93.1 Å². The third kappa shape index (κ3) is 7.15. The first-order valence-electron chi connectivity index (χ1n) is 9.64. The third-order valence-corrected chi connectivity index (χ3v) is 4.84. The van der Waals surface area contributed by atoms with Crippen molar-refractivity contribution in [1.82, 2.24) is 10.0 Å². The number of nitrogens with zero attached hydrogens (tertiary/aromatic N) is 4. The van der Waals surface area contributed by atoms with Gasteiger partial charge in [0.25, 0.3) is 0 Å². The fourth-order valence-corrected chi connectivity index (χ4v) is 2.56. The predicted molar refractivity (Wildman–Crippen MR) is 120 cm³/mol. The van der Waals surface area contributed by atoms with Gasteiger partial charge in [0, 0.05) is 14.1 Å². The topological polar surface area (TPSA) is 118 Å². The van der Waals surface area contributed by atoms with Crippen LogP contribution in [0.15, 0.2) is 34.8 Å². The van der Waals surface area contributed by atoms with Gasteiger partial charge >= 0.3 is 12.2 Å². The van der Waals surface area contributed by atoms with E-state index in [1.807, 2.05) is 47.6 Å². The van der Waals surface area contributed by atoms with E-state index in [-0.39, 0.29) is 0 Å². The number of nitroso groups, excluding NO2 is 2. The molecule has 0 aliphatic rings. The van der Waals surface area contributed by atoms with Gasteiger partial charge < -0.3 is 9.47 Å². The summed E-state index contributed by atoms with van der Waals surface area (Å²) in [6, 6.07) is 7.24. The lowest BCUT2D eigenvalue weighted by Gasteiger charge is -2.12. The van der Waals surface area contributed by atoms with Crippen LogP contribution in [0.3, 0.4) is 0 Å². The Morgan fingerprint density at radius 3 is 1.59 bits per heavy atom. The molecule has 2 amide bonds. The van der Waals surface area contributed by atoms with E-state index in [0.29, 0.717) is 21.5 Å². The van der Waals surface area contributed by atoms with Gasteiger partial charge in [0.2, 0.25) is 0 Å². The lowest BCUT2D eigenvalue weighted by molar-refractivity contribution is 0.163. The Morgan fingerprint density at radius 1 is 0.688 bits per heavy atom. The summed E-state index contributed by atoms with van der Waals surface area (Å²) in [7, 11) is 2.48. The van der Waals surface area contributed by atoms with Crippen molar-refractivity contribution in [2.24, 2.45) is 10.6 Å². The molecular formula is C22H28N4O6. The monoisotopic (exact) mass is 444 g/mol. The quantitative estimate of drug-likeness (QED) is 0.457. The number of hydrogen-bond donors (Lipinski definition) is 0. The van der Waals surface area contributed by atoms with Crippen LogP contribution in [0.2, 0.25) is 0 Å². The van der Waals surface area contributed by atoms with E-state index < -0.39 is 12.2 Å². The van der Waals surface area contributed by atoms with Crippen molar-refractivity contribution < 1.29 is 19.1 Å². The standard InChI is InChI=1S/2C11H14N2O3/c1-7-5-10(6-8(2)9(7)3)16-11(14)13(4)12-15;1-7-5-8(2)9(3)10(6-7)16-11(14)13(4)12-15/h2*5-6H,1-4H3. The van der Waals surface area contributed by atoms with Gasteiger partial charge in [-0.3, -0.25) is 0 Å². The molecule has 2 aromatic carbocycles. The molecule has 0 fully saturated rings. The highest BCUT2D eigenvalue weighted by molar-refractivity contribution is 5.71. The van der Waals surface area contributed by atoms with Crippen molar-refractivity contribution in [3.8, 4) is 11.5 Å². The first-order chi connectivity index (χ1) is 14.9. The Hall–Kier alpha value is -3.82. The van der Waals surface area contributed by atoms with E-state index in [0.717, 1.165) is 33.4 Å². The summed E-state index contributed by atoms with van der Waals surface area (Å²) in [6.07, 6.45) is -1.58. The summed E-state index contributed by atoms with van der Waals surface area (Å²) in [5.41, 5.74) is 6.12. The molecule has 2 aromatic rings. The minimum atomic E-state index is -0.794. The molecule has 10 heteroatoms. The maximum atomic E-state index is 11.3. The second-order valence-electron chi connectivity index (χ2n) is 7.33. The Labute approximate surface area is 187 Å². The number of benzene rings is 2. The van der Waals surface area contributed by atoms with E-state index >= 15 is 0 Å². The average Bonchev–Trinajstić information content (AvgIpc) is 2.74. The van der Waals surface area contributed by atoms with Crippen molar-refractivity contribution in [3.63, 3.8) is 0 Å². The maximum absolute atomic E-state index is 11.3. The SMILES string of the molecule is Cc1cc(C)c(C)c(OC(=O)N(C)N=O)c1.Cc1cc(OC(=O)N(C)N=O)cc(C)c1C. The summed E-state index contributed by atoms with van der Waals surface area (Å²) in [4.78, 5) is 42.8. The fraction of sp³-hybridized carbons (Fsp3) is 0.364. The lowest BCUT2D eigenvalue weighted by atomic mass is 10.0. The van der Waals surface area contributed by atoms with Crippen LogP contribution in [0, 0.1) is 51.4 Å². The third-order valence-electron chi connectivity index (χ3n) is 4.84. The van der Waals surface area contributed by atoms with Gasteiger partial charge in [-0.1, -0.05) is 6.07 Å². The molecule has 2 rings (SSSR count). The van der Waals surface area contributed by atoms with Gasteiger partial charge in [0.05, 0.1) is 10.6 Å². The van der Waals surface area contributed by atoms with Gasteiger partial charge in [0.15, 0.2) is 0 Å². The van der Waals surface area contributed by atoms with E-state index in [2.05, 4.69) is 10.6 Å². The molecule has 172 valence electrons. The van der Waals surface area contributed by atoms with E-state index in [1.54, 1.807) is 18.2 Å². The number of amides is 2. The van der Waals surface area contributed by atoms with Crippen LogP contribution >= 0.6 is 0 Å². The smallest absolute Gasteiger partial charge is 0.409 e. The molecule has 0 saturated carbocycles. The molecule has 0 unspecified atom stereocenters. The average molecular weight is 444 g/mol. The molecule has 0 aliphatic heterocycles. The second-order valence-corrected chi connectivity index (χ2v) is 7.33. The van der Waals surface area contributed by atoms with E-state index in [9.17, 15) is 19.4 Å². The largest absolute Gasteiger partial charge is 0.438 e. The molecular weight excluding hydrogens is 416 g/mol. The van der Waals surface area contributed by atoms with Crippen LogP contribution in [0.4, 0.5) is 9.59 Å². The summed E-state index contributed by atoms with van der Waals surface area (Å²) in [6.45, 7) is 11.6. The molecule has 32 heavy (non-hydrogen) atoms. The van der Waals surface area contributed by atoms with Crippen molar-refractivity contribution in [3.05, 3.63) is 67.5 Å². The molecule has 0 radical (unpaired) electrons. The van der Waals surface area contributed by atoms with Gasteiger partial charge in [-0.2, -0.15) is 10.0 Å². The molecule has 0 N–H and O–H groups in total. The van der Waals surface area contributed by atoms with Crippen LogP contribution in [0.5, 0.6) is 11.5 Å². The molecule has 10 nitrogen and oxygen atoms in total. The highest BCUT2D eigenvalue weighted by Crippen LogP contribution is 2.24. The van der Waals surface area contributed by atoms with Crippen LogP contribution in [0.25, 0.3) is 0 Å². The van der Waals surface area contributed by atoms with Crippen LogP contribution < -0.4 is 9.47 Å². The van der Waals surface area contributed by atoms with Crippen molar-refractivity contribution in [2.75, 3.05) is 14.1 Å². The van der Waals surface area contributed by atoms with Crippen molar-refractivity contribution >= 4 is 12.2 Å². The summed E-state index contributed by atoms with van der Waals surface area (Å²) < 4.78 is 10.0. The predicted octanol–water partition coefficient (Wildman–Crippen LogP) is 5.45. The molecule has 0 spiro atoms. The van der Waals surface area contributed by atoms with Gasteiger partial charge in [0.1, 0.15) is 11.5 Å². The summed E-state index contributed by atoms with van der Waals surface area (Å²) in [5.74, 6) is 0.874. The van der Waals surface area contributed by atoms with Gasteiger partial charge in [-0.25, -0.2) is 9.59 Å². The summed E-state index contributed by atoms with van der Waals surface area (Å²) in [5, 5.41) is 6.13. The molecule has 0 heterocycles. The van der Waals surface area contributed by atoms with Gasteiger partial charge in [-0.15, -0.1) is 9.81 Å². The Balaban J connectivity index is 0.000000320. The van der Waals surface area contributed by atoms with E-state index in [1.165, 1.54) is 14.1 Å². The zero-order chi connectivity index (χ0) is 24.6. The number of hydrogen-bond acceptors (Lipinski definition) is 8. The van der Waals surface area contributed by atoms with Crippen molar-refractivity contribution in [2.45, 2.75) is 41.5 Å². The molecule has 0 aliphatic carbocycles. The molecule has 0 atom stereocenters. The fourth-order valence-electron chi connectivity index (χ4n) is 2.56. The highest BCUT2D eigenvalue weighted by Gasteiger charge is 2.14. The number of aryl methyl sites for hydroxylation is 4. The second kappa shape index (κ2) is 11.5. The minimum absolute atomic E-state index is 0.418. The first-order valence-corrected chi connectivity index (χ1v) is 9.64. The number of ether oxygens (including phenoxy) is 2.